The fraction of sp³-hybridized carbons (Fsp3) is 0.150. The molecule has 1 heterocycles. The highest BCUT2D eigenvalue weighted by Gasteiger charge is 2.17. The van der Waals surface area contributed by atoms with Crippen LogP contribution in [-0.4, -0.2) is 17.1 Å². The largest absolute Gasteiger partial charge is 0.479 e. The third-order valence-corrected chi connectivity index (χ3v) is 3.71. The van der Waals surface area contributed by atoms with E-state index < -0.39 is 12.1 Å². The van der Waals surface area contributed by atoms with Gasteiger partial charge in [-0.05, 0) is 37.3 Å². The minimum atomic E-state index is -0.754. The smallest absolute Gasteiger partial charge is 0.347 e. The van der Waals surface area contributed by atoms with Gasteiger partial charge in [-0.25, -0.2) is 4.79 Å². The molecule has 0 unspecified atom stereocenters. The molecule has 0 amide bonds. The van der Waals surface area contributed by atoms with Gasteiger partial charge in [-0.2, -0.15) is 5.26 Å². The van der Waals surface area contributed by atoms with Crippen molar-refractivity contribution in [3.63, 3.8) is 0 Å². The second-order valence-corrected chi connectivity index (χ2v) is 5.50. The molecule has 0 aliphatic rings. The number of hydrogen-bond acceptors (Lipinski definition) is 5. The van der Waals surface area contributed by atoms with Crippen molar-refractivity contribution in [1.29, 1.82) is 5.26 Å². The predicted octanol–water partition coefficient (Wildman–Crippen LogP) is 3.62. The first-order valence-corrected chi connectivity index (χ1v) is 7.83. The summed E-state index contributed by atoms with van der Waals surface area (Å²) in [7, 11) is 0. The van der Waals surface area contributed by atoms with Gasteiger partial charge in [-0.15, -0.1) is 0 Å². The molecule has 25 heavy (non-hydrogen) atoms. The van der Waals surface area contributed by atoms with Crippen LogP contribution in [0.15, 0.2) is 60.8 Å². The molecule has 5 nitrogen and oxygen atoms in total. The normalized spacial score (nSPS) is 11.5. The Morgan fingerprint density at radius 3 is 2.68 bits per heavy atom. The van der Waals surface area contributed by atoms with Gasteiger partial charge in [0.05, 0.1) is 17.1 Å². The van der Waals surface area contributed by atoms with E-state index in [1.807, 2.05) is 36.4 Å². The van der Waals surface area contributed by atoms with Crippen molar-refractivity contribution in [2.45, 2.75) is 19.6 Å². The summed E-state index contributed by atoms with van der Waals surface area (Å²) in [6.45, 7) is 1.76. The SMILES string of the molecule is C[C@H](Oc1ccc(C#N)cc1)C(=O)OCc1cccc2cccnc12. The topological polar surface area (TPSA) is 72.2 Å². The van der Waals surface area contributed by atoms with E-state index in [2.05, 4.69) is 4.98 Å². The lowest BCUT2D eigenvalue weighted by molar-refractivity contribution is -0.152. The van der Waals surface area contributed by atoms with Gasteiger partial charge in [0.15, 0.2) is 6.10 Å². The Labute approximate surface area is 145 Å². The maximum atomic E-state index is 12.2. The molecule has 124 valence electrons. The fourth-order valence-corrected chi connectivity index (χ4v) is 2.41. The van der Waals surface area contributed by atoms with Crippen LogP contribution >= 0.6 is 0 Å². The summed E-state index contributed by atoms with van der Waals surface area (Å²) in [6.07, 6.45) is 0.959. The summed E-state index contributed by atoms with van der Waals surface area (Å²) in [4.78, 5) is 16.5. The van der Waals surface area contributed by atoms with Gasteiger partial charge in [0.2, 0.25) is 0 Å². The van der Waals surface area contributed by atoms with Crippen LogP contribution in [0.5, 0.6) is 5.75 Å². The minimum absolute atomic E-state index is 0.133. The van der Waals surface area contributed by atoms with Crippen LogP contribution in [-0.2, 0) is 16.1 Å². The van der Waals surface area contributed by atoms with E-state index in [-0.39, 0.29) is 6.61 Å². The first kappa shape index (κ1) is 16.5. The molecule has 0 fully saturated rings. The van der Waals surface area contributed by atoms with Gasteiger partial charge in [0.1, 0.15) is 12.4 Å². The zero-order valence-electron chi connectivity index (χ0n) is 13.7. The second-order valence-electron chi connectivity index (χ2n) is 5.50. The maximum Gasteiger partial charge on any atom is 0.347 e. The molecule has 0 aliphatic heterocycles. The molecule has 0 aliphatic carbocycles. The quantitative estimate of drug-likeness (QED) is 0.667. The molecule has 5 heteroatoms. The number of ether oxygens (including phenoxy) is 2. The number of aromatic nitrogens is 1. The van der Waals surface area contributed by atoms with E-state index in [0.29, 0.717) is 11.3 Å². The molecule has 0 spiro atoms. The average Bonchev–Trinajstić information content (AvgIpc) is 2.66. The van der Waals surface area contributed by atoms with Crippen molar-refractivity contribution < 1.29 is 14.3 Å². The maximum absolute atomic E-state index is 12.2. The number of nitrogens with zero attached hydrogens (tertiary/aromatic N) is 2. The Hall–Kier alpha value is -3.39. The summed E-state index contributed by atoms with van der Waals surface area (Å²) in [6, 6.07) is 18.2. The number of fused-ring (bicyclic) bond motifs is 1. The van der Waals surface area contributed by atoms with Crippen molar-refractivity contribution in [1.82, 2.24) is 4.98 Å². The molecule has 0 saturated carbocycles. The average molecular weight is 332 g/mol. The van der Waals surface area contributed by atoms with Gasteiger partial charge in [0.25, 0.3) is 0 Å². The molecule has 3 aromatic rings. The van der Waals surface area contributed by atoms with Crippen LogP contribution < -0.4 is 4.74 Å². The molecule has 3 rings (SSSR count). The number of benzene rings is 2. The highest BCUT2D eigenvalue weighted by atomic mass is 16.6. The molecular formula is C20H16N2O3. The first-order chi connectivity index (χ1) is 12.2. The van der Waals surface area contributed by atoms with Crippen LogP contribution in [0.3, 0.4) is 0 Å². The standard InChI is InChI=1S/C20H16N2O3/c1-14(25-18-9-7-15(12-21)8-10-18)20(23)24-13-17-5-2-4-16-6-3-11-22-19(16)17/h2-11,14H,13H2,1H3/t14-/m0/s1. The molecule has 0 radical (unpaired) electrons. The minimum Gasteiger partial charge on any atom is -0.479 e. The molecule has 0 N–H and O–H groups in total. The van der Waals surface area contributed by atoms with Gasteiger partial charge in [-0.3, -0.25) is 4.98 Å². The fourth-order valence-electron chi connectivity index (χ4n) is 2.41. The number of nitriles is 1. The van der Waals surface area contributed by atoms with E-state index in [4.69, 9.17) is 14.7 Å². The Balaban J connectivity index is 1.62. The monoisotopic (exact) mass is 332 g/mol. The highest BCUT2D eigenvalue weighted by molar-refractivity contribution is 5.82. The predicted molar refractivity (Wildman–Crippen MR) is 92.8 cm³/mol. The third kappa shape index (κ3) is 3.93. The molecular weight excluding hydrogens is 316 g/mol. The molecule has 0 saturated heterocycles. The number of esters is 1. The van der Waals surface area contributed by atoms with Crippen LogP contribution in [0.25, 0.3) is 10.9 Å². The molecule has 1 atom stereocenters. The van der Waals surface area contributed by atoms with Crippen molar-refractivity contribution in [2.75, 3.05) is 0 Å². The van der Waals surface area contributed by atoms with E-state index in [0.717, 1.165) is 16.5 Å². The Kier molecular flexibility index (Phi) is 4.91. The Morgan fingerprint density at radius 2 is 1.92 bits per heavy atom. The summed E-state index contributed by atoms with van der Waals surface area (Å²) < 4.78 is 10.9. The van der Waals surface area contributed by atoms with Crippen molar-refractivity contribution in [3.8, 4) is 11.8 Å². The van der Waals surface area contributed by atoms with Crippen LogP contribution in [0.2, 0.25) is 0 Å². The third-order valence-electron chi connectivity index (χ3n) is 3.71. The molecule has 2 aromatic carbocycles. The van der Waals surface area contributed by atoms with Crippen molar-refractivity contribution in [3.05, 3.63) is 71.9 Å². The van der Waals surface area contributed by atoms with Crippen molar-refractivity contribution in [2.24, 2.45) is 0 Å². The van der Waals surface area contributed by atoms with Crippen LogP contribution in [0, 0.1) is 11.3 Å². The summed E-state index contributed by atoms with van der Waals surface area (Å²) in [5.41, 5.74) is 2.20. The zero-order valence-corrected chi connectivity index (χ0v) is 13.7. The molecule has 1 aromatic heterocycles. The van der Waals surface area contributed by atoms with Crippen LogP contribution in [0.4, 0.5) is 0 Å². The highest BCUT2D eigenvalue weighted by Crippen LogP contribution is 2.18. The lowest BCUT2D eigenvalue weighted by Crippen LogP contribution is -2.26. The van der Waals surface area contributed by atoms with Gasteiger partial charge in [0, 0.05) is 17.1 Å². The number of carbonyl (C=O) groups excluding carboxylic acids is 1. The number of pyridine rings is 1. The first-order valence-electron chi connectivity index (χ1n) is 7.83. The summed E-state index contributed by atoms with van der Waals surface area (Å²) >= 11 is 0. The van der Waals surface area contributed by atoms with E-state index in [9.17, 15) is 4.79 Å². The van der Waals surface area contributed by atoms with Crippen molar-refractivity contribution >= 4 is 16.9 Å². The second kappa shape index (κ2) is 7.45. The summed E-state index contributed by atoms with van der Waals surface area (Å²) in [5, 5.41) is 9.78. The van der Waals surface area contributed by atoms with E-state index in [1.165, 1.54) is 0 Å². The van der Waals surface area contributed by atoms with E-state index in [1.54, 1.807) is 37.4 Å². The van der Waals surface area contributed by atoms with Gasteiger partial charge >= 0.3 is 5.97 Å². The Bertz CT molecular complexity index is 924. The lowest BCUT2D eigenvalue weighted by atomic mass is 10.1. The lowest BCUT2D eigenvalue weighted by Gasteiger charge is -2.14. The number of carbonyl (C=O) groups is 1. The zero-order chi connectivity index (χ0) is 17.6. The van der Waals surface area contributed by atoms with Gasteiger partial charge < -0.3 is 9.47 Å². The van der Waals surface area contributed by atoms with Crippen LogP contribution in [0.1, 0.15) is 18.1 Å². The number of hydrogen-bond donors (Lipinski definition) is 0. The number of para-hydroxylation sites is 1. The van der Waals surface area contributed by atoms with Gasteiger partial charge in [-0.1, -0.05) is 24.3 Å². The van der Waals surface area contributed by atoms with E-state index >= 15 is 0 Å². The summed E-state index contributed by atoms with van der Waals surface area (Å²) in [5.74, 6) is 0.0487. The Morgan fingerprint density at radius 1 is 1.16 bits per heavy atom. The number of rotatable bonds is 5. The molecule has 0 bridgehead atoms.